The molecule has 1 aromatic heterocycles. The van der Waals surface area contributed by atoms with Crippen LogP contribution in [0.2, 0.25) is 5.02 Å². The van der Waals surface area contributed by atoms with E-state index in [1.54, 1.807) is 25.7 Å². The van der Waals surface area contributed by atoms with Crippen LogP contribution in [-0.2, 0) is 20.9 Å². The number of amides is 1. The van der Waals surface area contributed by atoms with Gasteiger partial charge in [-0.1, -0.05) is 11.6 Å². The van der Waals surface area contributed by atoms with Gasteiger partial charge in [-0.25, -0.2) is 13.6 Å². The summed E-state index contributed by atoms with van der Waals surface area (Å²) in [6.07, 6.45) is 0.499. The van der Waals surface area contributed by atoms with Crippen molar-refractivity contribution in [1.82, 2.24) is 14.9 Å². The summed E-state index contributed by atoms with van der Waals surface area (Å²) < 4.78 is 38.7. The molecule has 0 saturated carbocycles. The van der Waals surface area contributed by atoms with Gasteiger partial charge in [0.05, 0.1) is 6.61 Å². The minimum Gasteiger partial charge on any atom is -0.471 e. The summed E-state index contributed by atoms with van der Waals surface area (Å²) in [5.41, 5.74) is -0.480. The molecule has 1 aliphatic heterocycles. The van der Waals surface area contributed by atoms with Crippen LogP contribution >= 0.6 is 11.6 Å². The molecule has 0 unspecified atom stereocenters. The van der Waals surface area contributed by atoms with Crippen molar-refractivity contribution in [2.75, 3.05) is 24.6 Å². The first kappa shape index (κ1) is 25.4. The molecule has 0 radical (unpaired) electrons. The van der Waals surface area contributed by atoms with Crippen LogP contribution in [0.25, 0.3) is 0 Å². The van der Waals surface area contributed by atoms with Gasteiger partial charge in [0.25, 0.3) is 5.56 Å². The molecule has 34 heavy (non-hydrogen) atoms. The Hall–Kier alpha value is -3.21. The van der Waals surface area contributed by atoms with E-state index < -0.39 is 29.1 Å². The highest BCUT2D eigenvalue weighted by molar-refractivity contribution is 6.32. The number of halogens is 3. The second-order valence-corrected chi connectivity index (χ2v) is 8.33. The molecular weight excluding hydrogens is 474 g/mol. The molecule has 1 amide bonds. The predicted molar refractivity (Wildman–Crippen MR) is 120 cm³/mol. The number of hydrogen-bond donors (Lipinski definition) is 1. The average molecular weight is 499 g/mol. The van der Waals surface area contributed by atoms with E-state index >= 15 is 0 Å². The first-order valence-electron chi connectivity index (χ1n) is 10.7. The zero-order valence-corrected chi connectivity index (χ0v) is 19.7. The third-order valence-corrected chi connectivity index (χ3v) is 5.50. The maximum Gasteiger partial charge on any atom is 0.396 e. The van der Waals surface area contributed by atoms with E-state index in [2.05, 4.69) is 10.3 Å². The topological polar surface area (TPSA) is 103 Å². The minimum atomic E-state index is -0.964. The lowest BCUT2D eigenvalue weighted by Crippen LogP contribution is -2.42. The number of anilines is 1. The zero-order chi connectivity index (χ0) is 25.0. The predicted octanol–water partition coefficient (Wildman–Crippen LogP) is 2.59. The van der Waals surface area contributed by atoms with Crippen molar-refractivity contribution in [2.45, 2.75) is 45.9 Å². The van der Waals surface area contributed by atoms with Crippen LogP contribution in [0.5, 0.6) is 5.88 Å². The quantitative estimate of drug-likeness (QED) is 0.462. The number of nitrogens with one attached hydrogen (secondary N) is 1. The lowest BCUT2D eigenvalue weighted by atomic mass is 10.2. The number of nitrogens with zero attached hydrogens (tertiary/aromatic N) is 3. The monoisotopic (exact) mass is 498 g/mol. The van der Waals surface area contributed by atoms with Crippen LogP contribution in [0.3, 0.4) is 0 Å². The molecule has 1 atom stereocenters. The van der Waals surface area contributed by atoms with Crippen LogP contribution < -0.4 is 20.5 Å². The summed E-state index contributed by atoms with van der Waals surface area (Å²) in [6.45, 7) is 5.65. The van der Waals surface area contributed by atoms with Crippen LogP contribution in [0.15, 0.2) is 23.0 Å². The molecule has 0 spiro atoms. The summed E-state index contributed by atoms with van der Waals surface area (Å²) in [6, 6.07) is 2.37. The highest BCUT2D eigenvalue weighted by Gasteiger charge is 2.31. The Morgan fingerprint density at radius 3 is 2.71 bits per heavy atom. The van der Waals surface area contributed by atoms with Gasteiger partial charge in [-0.2, -0.15) is 4.98 Å². The largest absolute Gasteiger partial charge is 0.471 e. The Bertz CT molecular complexity index is 1140. The summed E-state index contributed by atoms with van der Waals surface area (Å²) in [5, 5.41) is 2.34. The Balaban J connectivity index is 1.83. The fourth-order valence-electron chi connectivity index (χ4n) is 3.55. The van der Waals surface area contributed by atoms with Crippen LogP contribution in [0.1, 0.15) is 38.8 Å². The number of benzene rings is 1. The number of rotatable bonds is 7. The van der Waals surface area contributed by atoms with Gasteiger partial charge in [-0.15, -0.1) is 0 Å². The van der Waals surface area contributed by atoms with Crippen LogP contribution in [0, 0.1) is 11.6 Å². The smallest absolute Gasteiger partial charge is 0.396 e. The van der Waals surface area contributed by atoms with E-state index in [-0.39, 0.29) is 54.3 Å². The number of carbonyl (C=O) groups excluding carboxylic acids is 2. The van der Waals surface area contributed by atoms with Gasteiger partial charge in [-0.3, -0.25) is 14.2 Å². The molecule has 1 aromatic carbocycles. The lowest BCUT2D eigenvalue weighted by Gasteiger charge is -2.25. The van der Waals surface area contributed by atoms with E-state index in [1.165, 1.54) is 10.6 Å². The number of ether oxygens (including phenoxy) is 2. The third-order valence-electron chi connectivity index (χ3n) is 5.17. The van der Waals surface area contributed by atoms with Crippen molar-refractivity contribution >= 4 is 29.4 Å². The SMILES string of the molecule is CCOC(=O)C(=O)N[C@H]1CCN(c2nc(OCc3ccc(F)cc3F)c(Cl)c(=O)n2C(C)C)C1. The Labute approximate surface area is 199 Å². The van der Waals surface area contributed by atoms with Crippen LogP contribution in [0.4, 0.5) is 14.7 Å². The Morgan fingerprint density at radius 1 is 1.32 bits per heavy atom. The molecule has 1 saturated heterocycles. The van der Waals surface area contributed by atoms with Crippen molar-refractivity contribution < 1.29 is 27.8 Å². The van der Waals surface area contributed by atoms with Gasteiger partial charge in [0.1, 0.15) is 18.2 Å². The van der Waals surface area contributed by atoms with Gasteiger partial charge in [0, 0.05) is 36.8 Å². The summed E-state index contributed by atoms with van der Waals surface area (Å²) >= 11 is 6.21. The average Bonchev–Trinajstić information content (AvgIpc) is 3.23. The first-order chi connectivity index (χ1) is 16.1. The van der Waals surface area contributed by atoms with E-state index in [9.17, 15) is 23.2 Å². The number of carbonyl (C=O) groups is 2. The summed E-state index contributed by atoms with van der Waals surface area (Å²) in [7, 11) is 0. The van der Waals surface area contributed by atoms with Gasteiger partial charge in [0.2, 0.25) is 11.8 Å². The summed E-state index contributed by atoms with van der Waals surface area (Å²) in [4.78, 5) is 42.7. The normalized spacial score (nSPS) is 15.5. The first-order valence-corrected chi connectivity index (χ1v) is 11.1. The van der Waals surface area contributed by atoms with E-state index in [0.29, 0.717) is 13.0 Å². The van der Waals surface area contributed by atoms with E-state index in [0.717, 1.165) is 12.1 Å². The standard InChI is InChI=1S/C22H25ClF2N4O5/c1-4-33-21(32)18(30)26-15-7-8-28(10-15)22-27-19(17(23)20(31)29(22)12(2)3)34-11-13-5-6-14(24)9-16(13)25/h5-6,9,12,15H,4,7-8,10-11H2,1-3H3,(H,26,30)/t15-/m0/s1. The molecular formula is C22H25ClF2N4O5. The van der Waals surface area contributed by atoms with Gasteiger partial charge >= 0.3 is 11.9 Å². The molecule has 3 rings (SSSR count). The fraction of sp³-hybridized carbons (Fsp3) is 0.455. The summed E-state index contributed by atoms with van der Waals surface area (Å²) in [5.74, 6) is -3.27. The molecule has 12 heteroatoms. The van der Waals surface area contributed by atoms with Crippen molar-refractivity contribution in [3.63, 3.8) is 0 Å². The Kier molecular flexibility index (Phi) is 8.08. The highest BCUT2D eigenvalue weighted by atomic mass is 35.5. The molecule has 9 nitrogen and oxygen atoms in total. The molecule has 2 heterocycles. The van der Waals surface area contributed by atoms with Crippen molar-refractivity contribution in [2.24, 2.45) is 0 Å². The maximum absolute atomic E-state index is 14.0. The van der Waals surface area contributed by atoms with E-state index in [4.69, 9.17) is 21.1 Å². The molecule has 0 aliphatic carbocycles. The number of esters is 1. The van der Waals surface area contributed by atoms with Crippen LogP contribution in [-0.4, -0.2) is 47.2 Å². The third kappa shape index (κ3) is 5.64. The van der Waals surface area contributed by atoms with Crippen molar-refractivity contribution in [3.05, 3.63) is 50.8 Å². The molecule has 0 bridgehead atoms. The molecule has 2 aromatic rings. The number of hydrogen-bond acceptors (Lipinski definition) is 7. The second-order valence-electron chi connectivity index (χ2n) is 7.95. The van der Waals surface area contributed by atoms with Gasteiger partial charge in [0.15, 0.2) is 5.02 Å². The molecule has 1 aliphatic rings. The molecule has 1 N–H and O–H groups in total. The van der Waals surface area contributed by atoms with Crippen molar-refractivity contribution in [1.29, 1.82) is 0 Å². The lowest BCUT2D eigenvalue weighted by molar-refractivity contribution is -0.154. The zero-order valence-electron chi connectivity index (χ0n) is 18.9. The molecule has 184 valence electrons. The Morgan fingerprint density at radius 2 is 2.06 bits per heavy atom. The van der Waals surface area contributed by atoms with Crippen molar-refractivity contribution in [3.8, 4) is 5.88 Å². The highest BCUT2D eigenvalue weighted by Crippen LogP contribution is 2.27. The van der Waals surface area contributed by atoms with E-state index in [1.807, 2.05) is 0 Å². The number of aromatic nitrogens is 2. The van der Waals surface area contributed by atoms with Gasteiger partial charge in [-0.05, 0) is 39.3 Å². The fourth-order valence-corrected chi connectivity index (χ4v) is 3.74. The maximum atomic E-state index is 14.0. The minimum absolute atomic E-state index is 0.0665. The second kappa shape index (κ2) is 10.8. The van der Waals surface area contributed by atoms with Gasteiger partial charge < -0.3 is 19.7 Å². The molecule has 1 fully saturated rings.